The lowest BCUT2D eigenvalue weighted by atomic mass is 10.1. The molecular formula is C19H19ClF3NO. The molecule has 0 radical (unpaired) electrons. The van der Waals surface area contributed by atoms with Crippen LogP contribution in [-0.2, 0) is 23.8 Å². The zero-order chi connectivity index (χ0) is 18.6. The molecule has 2 nitrogen and oxygen atoms in total. The van der Waals surface area contributed by atoms with E-state index in [0.717, 1.165) is 23.3 Å². The molecule has 25 heavy (non-hydrogen) atoms. The Morgan fingerprint density at radius 1 is 1.12 bits per heavy atom. The smallest absolute Gasteiger partial charge is 0.312 e. The number of rotatable bonds is 2. The van der Waals surface area contributed by atoms with Crippen molar-refractivity contribution in [2.75, 3.05) is 11.4 Å². The Morgan fingerprint density at radius 3 is 2.36 bits per heavy atom. The van der Waals surface area contributed by atoms with Gasteiger partial charge in [0.15, 0.2) is 0 Å². The van der Waals surface area contributed by atoms with Crippen LogP contribution in [0, 0.1) is 0 Å². The van der Waals surface area contributed by atoms with E-state index in [1.165, 1.54) is 11.0 Å². The molecule has 1 aliphatic heterocycles. The number of nitrogens with zero attached hydrogens (tertiary/aromatic N) is 1. The van der Waals surface area contributed by atoms with Gasteiger partial charge in [-0.2, -0.15) is 13.2 Å². The van der Waals surface area contributed by atoms with Gasteiger partial charge in [-0.3, -0.25) is 4.79 Å². The molecule has 2 aromatic carbocycles. The zero-order valence-corrected chi connectivity index (χ0v) is 14.8. The predicted octanol–water partition coefficient (Wildman–Crippen LogP) is 5.52. The topological polar surface area (TPSA) is 20.3 Å². The summed E-state index contributed by atoms with van der Waals surface area (Å²) in [4.78, 5) is 13.9. The van der Waals surface area contributed by atoms with Crippen LogP contribution in [-0.4, -0.2) is 12.5 Å². The summed E-state index contributed by atoms with van der Waals surface area (Å²) in [5.41, 5.74) is 1.17. The van der Waals surface area contributed by atoms with Crippen molar-refractivity contribution in [1.82, 2.24) is 0 Å². The van der Waals surface area contributed by atoms with Crippen molar-refractivity contribution in [3.63, 3.8) is 0 Å². The van der Waals surface area contributed by atoms with Crippen molar-refractivity contribution in [1.29, 1.82) is 0 Å². The van der Waals surface area contributed by atoms with Crippen LogP contribution in [0.2, 0.25) is 5.02 Å². The summed E-state index contributed by atoms with van der Waals surface area (Å²) in [5.74, 6) is -0.217. The second-order valence-corrected chi connectivity index (χ2v) is 5.88. The van der Waals surface area contributed by atoms with Crippen LogP contribution >= 0.6 is 11.6 Å². The Morgan fingerprint density at radius 2 is 1.76 bits per heavy atom. The van der Waals surface area contributed by atoms with E-state index in [0.29, 0.717) is 23.7 Å². The van der Waals surface area contributed by atoms with E-state index in [4.69, 9.17) is 11.6 Å². The van der Waals surface area contributed by atoms with Gasteiger partial charge in [0.25, 0.3) is 0 Å². The van der Waals surface area contributed by atoms with Gasteiger partial charge in [-0.25, -0.2) is 0 Å². The zero-order valence-electron chi connectivity index (χ0n) is 14.0. The van der Waals surface area contributed by atoms with Crippen LogP contribution < -0.4 is 4.90 Å². The highest BCUT2D eigenvalue weighted by atomic mass is 35.5. The first-order valence-electron chi connectivity index (χ1n) is 8.09. The second kappa shape index (κ2) is 7.91. The Kier molecular flexibility index (Phi) is 6.11. The van der Waals surface area contributed by atoms with Gasteiger partial charge in [0, 0.05) is 17.3 Å². The minimum atomic E-state index is -4.41. The number of alkyl halides is 3. The lowest BCUT2D eigenvalue weighted by Gasteiger charge is -2.18. The van der Waals surface area contributed by atoms with Gasteiger partial charge in [0.05, 0.1) is 12.0 Å². The highest BCUT2D eigenvalue weighted by Gasteiger charge is 2.33. The number of halogens is 4. The van der Waals surface area contributed by atoms with Gasteiger partial charge in [0.2, 0.25) is 5.91 Å². The number of hydrogen-bond acceptors (Lipinski definition) is 1. The number of fused-ring (bicyclic) bond motifs is 1. The van der Waals surface area contributed by atoms with Crippen molar-refractivity contribution in [2.24, 2.45) is 0 Å². The molecule has 1 heterocycles. The molecule has 0 aromatic heterocycles. The fourth-order valence-electron chi connectivity index (χ4n) is 2.69. The van der Waals surface area contributed by atoms with Crippen LogP contribution in [0.3, 0.4) is 0 Å². The van der Waals surface area contributed by atoms with E-state index in [9.17, 15) is 18.0 Å². The van der Waals surface area contributed by atoms with Crippen LogP contribution in [0.15, 0.2) is 42.5 Å². The van der Waals surface area contributed by atoms with E-state index < -0.39 is 11.7 Å². The summed E-state index contributed by atoms with van der Waals surface area (Å²) in [6.45, 7) is 4.41. The molecular weight excluding hydrogens is 351 g/mol. The van der Waals surface area contributed by atoms with E-state index >= 15 is 0 Å². The highest BCUT2D eigenvalue weighted by Crippen LogP contribution is 2.36. The summed E-state index contributed by atoms with van der Waals surface area (Å²) in [5, 5.41) is 0.572. The van der Waals surface area contributed by atoms with Crippen molar-refractivity contribution in [3.05, 3.63) is 64.2 Å². The first-order valence-corrected chi connectivity index (χ1v) is 8.47. The molecule has 0 spiro atoms. The first-order chi connectivity index (χ1) is 11.8. The molecule has 3 rings (SSSR count). The SMILES string of the molecule is CC.O=C(Cc1ccc(Cl)cc1)N1CCc2ccc(C(F)(F)F)cc21. The Balaban J connectivity index is 0.00000109. The fourth-order valence-corrected chi connectivity index (χ4v) is 2.81. The lowest BCUT2D eigenvalue weighted by molar-refractivity contribution is -0.137. The molecule has 0 bridgehead atoms. The molecule has 1 aliphatic rings. The Hall–Kier alpha value is -2.01. The van der Waals surface area contributed by atoms with Crippen molar-refractivity contribution in [3.8, 4) is 0 Å². The third-order valence-electron chi connectivity index (χ3n) is 3.88. The molecule has 0 aliphatic carbocycles. The predicted molar refractivity (Wildman–Crippen MR) is 94.0 cm³/mol. The van der Waals surface area contributed by atoms with Gasteiger partial charge in [-0.05, 0) is 41.8 Å². The number of amides is 1. The standard InChI is InChI=1S/C17H13ClF3NO.C2H6/c18-14-5-1-11(2-6-14)9-16(23)22-8-7-12-3-4-13(10-15(12)22)17(19,20)21;1-2/h1-6,10H,7-9H2;1-2H3. The van der Waals surface area contributed by atoms with Gasteiger partial charge < -0.3 is 4.90 Å². The molecule has 2 aromatic rings. The normalized spacial score (nSPS) is 13.1. The highest BCUT2D eigenvalue weighted by molar-refractivity contribution is 6.30. The third-order valence-corrected chi connectivity index (χ3v) is 4.13. The van der Waals surface area contributed by atoms with Crippen molar-refractivity contribution in [2.45, 2.75) is 32.9 Å². The van der Waals surface area contributed by atoms with Crippen LogP contribution in [0.4, 0.5) is 18.9 Å². The minimum Gasteiger partial charge on any atom is -0.312 e. The van der Waals surface area contributed by atoms with Crippen LogP contribution in [0.25, 0.3) is 0 Å². The average Bonchev–Trinajstić information content (AvgIpc) is 3.01. The quantitative estimate of drug-likeness (QED) is 0.682. The molecule has 0 saturated heterocycles. The van der Waals surface area contributed by atoms with E-state index in [2.05, 4.69) is 0 Å². The molecule has 1 amide bonds. The lowest BCUT2D eigenvalue weighted by Crippen LogP contribution is -2.30. The number of carbonyl (C=O) groups is 1. The number of benzene rings is 2. The number of hydrogen-bond donors (Lipinski definition) is 0. The Labute approximate surface area is 150 Å². The van der Waals surface area contributed by atoms with E-state index in [1.54, 1.807) is 24.3 Å². The van der Waals surface area contributed by atoms with Crippen LogP contribution in [0.5, 0.6) is 0 Å². The molecule has 6 heteroatoms. The first kappa shape index (κ1) is 19.3. The largest absolute Gasteiger partial charge is 0.416 e. The molecule has 0 fully saturated rings. The number of carbonyl (C=O) groups excluding carboxylic acids is 1. The maximum atomic E-state index is 12.9. The molecule has 0 unspecified atom stereocenters. The maximum absolute atomic E-state index is 12.9. The summed E-state index contributed by atoms with van der Waals surface area (Å²) in [7, 11) is 0. The van der Waals surface area contributed by atoms with Gasteiger partial charge in [-0.15, -0.1) is 0 Å². The van der Waals surface area contributed by atoms with Gasteiger partial charge >= 0.3 is 6.18 Å². The summed E-state index contributed by atoms with van der Waals surface area (Å²) in [6, 6.07) is 10.4. The minimum absolute atomic E-state index is 0.132. The van der Waals surface area contributed by atoms with Crippen molar-refractivity contribution >= 4 is 23.2 Å². The number of anilines is 1. The van der Waals surface area contributed by atoms with E-state index in [-0.39, 0.29) is 12.3 Å². The van der Waals surface area contributed by atoms with Crippen molar-refractivity contribution < 1.29 is 18.0 Å². The molecule has 134 valence electrons. The van der Waals surface area contributed by atoms with E-state index in [1.807, 2.05) is 13.8 Å². The average molecular weight is 370 g/mol. The van der Waals surface area contributed by atoms with Gasteiger partial charge in [0.1, 0.15) is 0 Å². The second-order valence-electron chi connectivity index (χ2n) is 5.44. The molecule has 0 atom stereocenters. The van der Waals surface area contributed by atoms with Gasteiger partial charge in [-0.1, -0.05) is 43.6 Å². The Bertz CT molecular complexity index is 741. The molecule has 0 saturated carbocycles. The summed E-state index contributed by atoms with van der Waals surface area (Å²) >= 11 is 5.80. The monoisotopic (exact) mass is 369 g/mol. The van der Waals surface area contributed by atoms with Crippen LogP contribution in [0.1, 0.15) is 30.5 Å². The summed E-state index contributed by atoms with van der Waals surface area (Å²) in [6.07, 6.45) is -3.71. The third kappa shape index (κ3) is 4.54. The molecule has 0 N–H and O–H groups in total. The fraction of sp³-hybridized carbons (Fsp3) is 0.316. The summed E-state index contributed by atoms with van der Waals surface area (Å²) < 4.78 is 38.6. The maximum Gasteiger partial charge on any atom is 0.416 e.